The molecule has 0 atom stereocenters. The summed E-state index contributed by atoms with van der Waals surface area (Å²) in [7, 11) is 0. The van der Waals surface area contributed by atoms with Gasteiger partial charge in [0, 0.05) is 0 Å². The van der Waals surface area contributed by atoms with E-state index in [9.17, 15) is 0 Å². The van der Waals surface area contributed by atoms with Gasteiger partial charge in [-0.2, -0.15) is 10.5 Å². The van der Waals surface area contributed by atoms with E-state index in [0.717, 1.165) is 5.56 Å². The molecule has 15 heavy (non-hydrogen) atoms. The first kappa shape index (κ1) is 11.7. The van der Waals surface area contributed by atoms with E-state index >= 15 is 0 Å². The molecule has 0 aromatic heterocycles. The largest absolute Gasteiger partial charge is 0.197 e. The highest BCUT2D eigenvalue weighted by Crippen LogP contribution is 2.28. The SMILES string of the molecule is N#CCSC(S)=C(C#N)c1ccccc1. The lowest BCUT2D eigenvalue weighted by Gasteiger charge is -2.02. The maximum absolute atomic E-state index is 9.00. The first-order valence-corrected chi connectivity index (χ1v) is 5.61. The second-order valence-electron chi connectivity index (χ2n) is 2.60. The molecule has 1 aromatic rings. The Morgan fingerprint density at radius 3 is 2.47 bits per heavy atom. The minimum atomic E-state index is 0.302. The predicted octanol–water partition coefficient (Wildman–Crippen LogP) is 3.07. The summed E-state index contributed by atoms with van der Waals surface area (Å²) in [4.78, 5) is 0. The third-order valence-electron chi connectivity index (χ3n) is 1.66. The Bertz CT molecular complexity index is 438. The third kappa shape index (κ3) is 3.36. The molecule has 0 radical (unpaired) electrons. The van der Waals surface area contributed by atoms with Gasteiger partial charge in [-0.3, -0.25) is 0 Å². The fourth-order valence-corrected chi connectivity index (χ4v) is 1.90. The van der Waals surface area contributed by atoms with Gasteiger partial charge in [-0.05, 0) is 5.56 Å². The molecule has 1 rings (SSSR count). The highest BCUT2D eigenvalue weighted by molar-refractivity contribution is 8.15. The molecule has 0 saturated heterocycles. The van der Waals surface area contributed by atoms with Crippen molar-refractivity contribution in [1.29, 1.82) is 10.5 Å². The van der Waals surface area contributed by atoms with E-state index in [4.69, 9.17) is 10.5 Å². The maximum Gasteiger partial charge on any atom is 0.101 e. The predicted molar refractivity (Wildman–Crippen MR) is 66.0 cm³/mol. The number of thiol groups is 1. The van der Waals surface area contributed by atoms with Crippen LogP contribution in [-0.4, -0.2) is 5.75 Å². The van der Waals surface area contributed by atoms with Crippen LogP contribution in [0.15, 0.2) is 34.6 Å². The highest BCUT2D eigenvalue weighted by atomic mass is 32.2. The number of rotatable bonds is 3. The molecule has 0 heterocycles. The van der Waals surface area contributed by atoms with Crippen LogP contribution in [0.25, 0.3) is 5.57 Å². The fourth-order valence-electron chi connectivity index (χ4n) is 1.01. The summed E-state index contributed by atoms with van der Waals surface area (Å²) in [6.45, 7) is 0. The molecule has 0 saturated carbocycles. The molecular weight excluding hydrogens is 224 g/mol. The van der Waals surface area contributed by atoms with Crippen molar-refractivity contribution < 1.29 is 0 Å². The van der Waals surface area contributed by atoms with Gasteiger partial charge in [0.15, 0.2) is 0 Å². The molecule has 0 bridgehead atoms. The van der Waals surface area contributed by atoms with Gasteiger partial charge in [0.05, 0.1) is 21.6 Å². The zero-order valence-corrected chi connectivity index (χ0v) is 9.55. The summed E-state index contributed by atoms with van der Waals surface area (Å²) < 4.78 is 0.588. The molecule has 0 aliphatic rings. The average molecular weight is 232 g/mol. The summed E-state index contributed by atoms with van der Waals surface area (Å²) in [5.74, 6) is 0.302. The molecule has 0 fully saturated rings. The van der Waals surface area contributed by atoms with Crippen molar-refractivity contribution in [2.45, 2.75) is 0 Å². The first-order chi connectivity index (χ1) is 7.29. The highest BCUT2D eigenvalue weighted by Gasteiger charge is 2.05. The van der Waals surface area contributed by atoms with E-state index < -0.39 is 0 Å². The Hall–Kier alpha value is -1.36. The number of thioether (sulfide) groups is 1. The lowest BCUT2D eigenvalue weighted by Crippen LogP contribution is -1.83. The van der Waals surface area contributed by atoms with Crippen molar-refractivity contribution in [1.82, 2.24) is 0 Å². The van der Waals surface area contributed by atoms with E-state index in [0.29, 0.717) is 15.6 Å². The van der Waals surface area contributed by atoms with Crippen molar-refractivity contribution in [2.24, 2.45) is 0 Å². The molecule has 0 aliphatic carbocycles. The summed E-state index contributed by atoms with van der Waals surface area (Å²) in [6.07, 6.45) is 0. The Kier molecular flexibility index (Phi) is 4.83. The van der Waals surface area contributed by atoms with Crippen LogP contribution in [0.1, 0.15) is 5.56 Å². The van der Waals surface area contributed by atoms with E-state index in [-0.39, 0.29) is 0 Å². The van der Waals surface area contributed by atoms with Crippen molar-refractivity contribution in [2.75, 3.05) is 5.75 Å². The van der Waals surface area contributed by atoms with Gasteiger partial charge in [0.25, 0.3) is 0 Å². The second kappa shape index (κ2) is 6.19. The smallest absolute Gasteiger partial charge is 0.101 e. The van der Waals surface area contributed by atoms with Gasteiger partial charge in [0.1, 0.15) is 6.07 Å². The zero-order valence-electron chi connectivity index (χ0n) is 7.84. The molecule has 74 valence electrons. The monoisotopic (exact) mass is 232 g/mol. The number of nitriles is 2. The van der Waals surface area contributed by atoms with Gasteiger partial charge in [0.2, 0.25) is 0 Å². The van der Waals surface area contributed by atoms with Crippen LogP contribution in [0.5, 0.6) is 0 Å². The van der Waals surface area contributed by atoms with Gasteiger partial charge in [-0.25, -0.2) is 0 Å². The molecule has 0 unspecified atom stereocenters. The molecule has 1 aromatic carbocycles. The molecule has 0 spiro atoms. The molecule has 4 heteroatoms. The number of hydrogen-bond donors (Lipinski definition) is 1. The maximum atomic E-state index is 9.00. The molecule has 0 aliphatic heterocycles. The summed E-state index contributed by atoms with van der Waals surface area (Å²) >= 11 is 5.48. The lowest BCUT2D eigenvalue weighted by molar-refractivity contribution is 1.50. The Balaban J connectivity index is 3.00. The van der Waals surface area contributed by atoms with Crippen molar-refractivity contribution in [3.8, 4) is 12.1 Å². The van der Waals surface area contributed by atoms with Gasteiger partial charge < -0.3 is 0 Å². The topological polar surface area (TPSA) is 47.6 Å². The van der Waals surface area contributed by atoms with E-state index in [2.05, 4.69) is 18.7 Å². The molecule has 0 amide bonds. The van der Waals surface area contributed by atoms with Gasteiger partial charge >= 0.3 is 0 Å². The van der Waals surface area contributed by atoms with Crippen LogP contribution >= 0.6 is 24.4 Å². The van der Waals surface area contributed by atoms with Crippen LogP contribution in [0, 0.1) is 22.7 Å². The first-order valence-electron chi connectivity index (χ1n) is 4.18. The minimum Gasteiger partial charge on any atom is -0.197 e. The number of benzene rings is 1. The van der Waals surface area contributed by atoms with Crippen LogP contribution in [0.3, 0.4) is 0 Å². The summed E-state index contributed by atoms with van der Waals surface area (Å²) in [5, 5.41) is 17.4. The van der Waals surface area contributed by atoms with Crippen molar-refractivity contribution in [3.63, 3.8) is 0 Å². The minimum absolute atomic E-state index is 0.302. The molecule has 0 N–H and O–H groups in total. The van der Waals surface area contributed by atoms with Gasteiger partial charge in [-0.15, -0.1) is 24.4 Å². The van der Waals surface area contributed by atoms with Crippen LogP contribution in [0.4, 0.5) is 0 Å². The third-order valence-corrected chi connectivity index (χ3v) is 3.02. The van der Waals surface area contributed by atoms with E-state index in [1.165, 1.54) is 11.8 Å². The van der Waals surface area contributed by atoms with E-state index in [1.807, 2.05) is 36.4 Å². The molecular formula is C11H8N2S2. The number of nitrogens with zero attached hydrogens (tertiary/aromatic N) is 2. The van der Waals surface area contributed by atoms with E-state index in [1.54, 1.807) is 0 Å². The van der Waals surface area contributed by atoms with Crippen molar-refractivity contribution in [3.05, 3.63) is 40.1 Å². The summed E-state index contributed by atoms with van der Waals surface area (Å²) in [5.41, 5.74) is 1.34. The Labute approximate surface area is 98.6 Å². The number of allylic oxidation sites excluding steroid dienone is 1. The quantitative estimate of drug-likeness (QED) is 0.643. The lowest BCUT2D eigenvalue weighted by atomic mass is 10.1. The standard InChI is InChI=1S/C11H8N2S2/c12-6-7-15-11(14)10(8-13)9-4-2-1-3-5-9/h1-5,14H,7H2. The van der Waals surface area contributed by atoms with Gasteiger partial charge in [-0.1, -0.05) is 30.3 Å². The normalized spacial score (nSPS) is 11.1. The fraction of sp³-hybridized carbons (Fsp3) is 0.0909. The average Bonchev–Trinajstić information content (AvgIpc) is 2.29. The Morgan fingerprint density at radius 1 is 1.27 bits per heavy atom. The van der Waals surface area contributed by atoms with Crippen LogP contribution in [-0.2, 0) is 0 Å². The molecule has 2 nitrogen and oxygen atoms in total. The number of hydrogen-bond acceptors (Lipinski definition) is 4. The summed E-state index contributed by atoms with van der Waals surface area (Å²) in [6, 6.07) is 13.4. The van der Waals surface area contributed by atoms with Crippen LogP contribution in [0.2, 0.25) is 0 Å². The van der Waals surface area contributed by atoms with Crippen LogP contribution < -0.4 is 0 Å². The second-order valence-corrected chi connectivity index (χ2v) is 4.34. The zero-order chi connectivity index (χ0) is 11.1. The Morgan fingerprint density at radius 2 is 1.93 bits per heavy atom. The van der Waals surface area contributed by atoms with Crippen molar-refractivity contribution >= 4 is 30.0 Å².